The van der Waals surface area contributed by atoms with Crippen molar-refractivity contribution in [1.82, 2.24) is 0 Å². The van der Waals surface area contributed by atoms with Gasteiger partial charge in [-0.2, -0.15) is 0 Å². The zero-order valence-corrected chi connectivity index (χ0v) is 8.92. The molecule has 2 heteroatoms. The lowest BCUT2D eigenvalue weighted by Gasteiger charge is -2.20. The molecule has 1 rings (SSSR count). The lowest BCUT2D eigenvalue weighted by molar-refractivity contribution is 0.284. The van der Waals surface area contributed by atoms with Crippen molar-refractivity contribution in [2.24, 2.45) is 5.92 Å². The Kier molecular flexibility index (Phi) is 4.02. The molecule has 0 bridgehead atoms. The van der Waals surface area contributed by atoms with Crippen molar-refractivity contribution in [3.8, 4) is 0 Å². The number of hydrogen-bond donors (Lipinski definition) is 1. The molecule has 1 N–H and O–H groups in total. The lowest BCUT2D eigenvalue weighted by Crippen LogP contribution is -2.13. The molecule has 0 saturated heterocycles. The van der Waals surface area contributed by atoms with Gasteiger partial charge in [-0.3, -0.25) is 0 Å². The van der Waals surface area contributed by atoms with Crippen LogP contribution in [0.3, 0.4) is 0 Å². The van der Waals surface area contributed by atoms with Crippen molar-refractivity contribution in [2.75, 3.05) is 6.61 Å². The molecule has 0 aromatic carbocycles. The summed E-state index contributed by atoms with van der Waals surface area (Å²) in [7, 11) is 0. The summed E-state index contributed by atoms with van der Waals surface area (Å²) >= 11 is 3.44. The van der Waals surface area contributed by atoms with Crippen LogP contribution in [-0.2, 0) is 0 Å². The summed E-state index contributed by atoms with van der Waals surface area (Å²) in [6.07, 6.45) is 8.60. The van der Waals surface area contributed by atoms with Crippen LogP contribution in [-0.4, -0.2) is 16.5 Å². The Morgan fingerprint density at radius 3 is 3.08 bits per heavy atom. The second kappa shape index (κ2) is 4.83. The van der Waals surface area contributed by atoms with Crippen LogP contribution >= 0.6 is 15.9 Å². The molecule has 0 radical (unpaired) electrons. The summed E-state index contributed by atoms with van der Waals surface area (Å²) < 4.78 is 0. The van der Waals surface area contributed by atoms with E-state index in [1.807, 2.05) is 0 Å². The molecule has 0 heterocycles. The molecule has 1 aliphatic carbocycles. The average molecular weight is 231 g/mol. The van der Waals surface area contributed by atoms with E-state index in [0.717, 1.165) is 12.8 Å². The second-order valence-electron chi connectivity index (χ2n) is 3.29. The summed E-state index contributed by atoms with van der Waals surface area (Å²) in [4.78, 5) is 0.248. The molecule has 0 aliphatic heterocycles. The fraction of sp³-hybridized carbons (Fsp3) is 0.600. The maximum absolute atomic E-state index is 8.87. The Morgan fingerprint density at radius 1 is 1.75 bits per heavy atom. The first-order chi connectivity index (χ1) is 5.74. The second-order valence-corrected chi connectivity index (χ2v) is 4.58. The van der Waals surface area contributed by atoms with Gasteiger partial charge in [0.05, 0.1) is 6.61 Å². The number of alkyl halides is 1. The largest absolute Gasteiger partial charge is 0.395 e. The van der Waals surface area contributed by atoms with Crippen LogP contribution in [0.5, 0.6) is 0 Å². The zero-order valence-electron chi connectivity index (χ0n) is 7.33. The van der Waals surface area contributed by atoms with E-state index in [4.69, 9.17) is 5.11 Å². The Labute approximate surface area is 82.3 Å². The summed E-state index contributed by atoms with van der Waals surface area (Å²) in [5.41, 5.74) is 1.43. The molecule has 1 aliphatic rings. The van der Waals surface area contributed by atoms with Crippen LogP contribution in [0.1, 0.15) is 19.8 Å². The van der Waals surface area contributed by atoms with Crippen molar-refractivity contribution in [2.45, 2.75) is 24.6 Å². The standard InChI is InChI=1S/C10H15BrO/c1-8-4-2-3-5-9(8)6-10(11)7-12/h2-4,9-10,12H,5-7H2,1H3/t9?,10-/m1/s1. The van der Waals surface area contributed by atoms with E-state index < -0.39 is 0 Å². The smallest absolute Gasteiger partial charge is 0.0556 e. The van der Waals surface area contributed by atoms with E-state index in [2.05, 4.69) is 41.1 Å². The molecule has 12 heavy (non-hydrogen) atoms. The van der Waals surface area contributed by atoms with E-state index in [0.29, 0.717) is 5.92 Å². The summed E-state index contributed by atoms with van der Waals surface area (Å²) in [6.45, 7) is 2.39. The topological polar surface area (TPSA) is 20.2 Å². The summed E-state index contributed by atoms with van der Waals surface area (Å²) in [5, 5.41) is 8.87. The first kappa shape index (κ1) is 10.0. The Morgan fingerprint density at radius 2 is 2.50 bits per heavy atom. The van der Waals surface area contributed by atoms with E-state index in [9.17, 15) is 0 Å². The van der Waals surface area contributed by atoms with Gasteiger partial charge in [-0.05, 0) is 25.7 Å². The average Bonchev–Trinajstić information content (AvgIpc) is 2.09. The predicted octanol–water partition coefficient (Wildman–Crippen LogP) is 2.65. The van der Waals surface area contributed by atoms with Crippen LogP contribution in [0.25, 0.3) is 0 Å². The molecule has 0 aromatic heterocycles. The number of aliphatic hydroxyl groups is 1. The first-order valence-electron chi connectivity index (χ1n) is 4.32. The summed E-state index contributed by atoms with van der Waals surface area (Å²) in [5.74, 6) is 0.617. The van der Waals surface area contributed by atoms with Crippen molar-refractivity contribution in [3.05, 3.63) is 23.8 Å². The number of rotatable bonds is 3. The van der Waals surface area contributed by atoms with E-state index in [-0.39, 0.29) is 11.4 Å². The van der Waals surface area contributed by atoms with Gasteiger partial charge in [0.15, 0.2) is 0 Å². The molecule has 1 nitrogen and oxygen atoms in total. The molecule has 0 aromatic rings. The van der Waals surface area contributed by atoms with Crippen molar-refractivity contribution < 1.29 is 5.11 Å². The van der Waals surface area contributed by atoms with Crippen molar-refractivity contribution >= 4 is 15.9 Å². The number of aliphatic hydroxyl groups excluding tert-OH is 1. The fourth-order valence-electron chi connectivity index (χ4n) is 1.45. The third-order valence-electron chi connectivity index (χ3n) is 2.30. The van der Waals surface area contributed by atoms with Gasteiger partial charge >= 0.3 is 0 Å². The van der Waals surface area contributed by atoms with Crippen molar-refractivity contribution in [3.63, 3.8) is 0 Å². The highest BCUT2D eigenvalue weighted by Gasteiger charge is 2.15. The highest BCUT2D eigenvalue weighted by atomic mass is 79.9. The SMILES string of the molecule is CC1=CC=CCC1C[C@@H](Br)CO. The summed E-state index contributed by atoms with van der Waals surface area (Å²) in [6, 6.07) is 0. The quantitative estimate of drug-likeness (QED) is 0.740. The minimum atomic E-state index is 0.230. The zero-order chi connectivity index (χ0) is 8.97. The van der Waals surface area contributed by atoms with Gasteiger partial charge in [0.25, 0.3) is 0 Å². The lowest BCUT2D eigenvalue weighted by atomic mass is 9.89. The predicted molar refractivity (Wildman–Crippen MR) is 55.4 cm³/mol. The minimum absolute atomic E-state index is 0.230. The fourth-order valence-corrected chi connectivity index (χ4v) is 1.90. The third kappa shape index (κ3) is 2.76. The molecule has 0 saturated carbocycles. The minimum Gasteiger partial charge on any atom is -0.395 e. The Hall–Kier alpha value is -0.0800. The van der Waals surface area contributed by atoms with Gasteiger partial charge in [0, 0.05) is 4.83 Å². The monoisotopic (exact) mass is 230 g/mol. The Bertz CT molecular complexity index is 196. The maximum Gasteiger partial charge on any atom is 0.0556 e. The van der Waals surface area contributed by atoms with E-state index >= 15 is 0 Å². The molecule has 0 fully saturated rings. The van der Waals surface area contributed by atoms with Gasteiger partial charge in [-0.25, -0.2) is 0 Å². The normalized spacial score (nSPS) is 25.2. The van der Waals surface area contributed by atoms with Crippen LogP contribution < -0.4 is 0 Å². The maximum atomic E-state index is 8.87. The van der Waals surface area contributed by atoms with Gasteiger partial charge in [-0.1, -0.05) is 39.7 Å². The van der Waals surface area contributed by atoms with Gasteiger partial charge in [0.1, 0.15) is 0 Å². The van der Waals surface area contributed by atoms with Crippen LogP contribution in [0.4, 0.5) is 0 Å². The van der Waals surface area contributed by atoms with Crippen LogP contribution in [0.15, 0.2) is 23.8 Å². The highest BCUT2D eigenvalue weighted by molar-refractivity contribution is 9.09. The third-order valence-corrected chi connectivity index (χ3v) is 2.96. The molecule has 0 spiro atoms. The van der Waals surface area contributed by atoms with Gasteiger partial charge in [0.2, 0.25) is 0 Å². The Balaban J connectivity index is 2.43. The molecular formula is C10H15BrO. The first-order valence-corrected chi connectivity index (χ1v) is 5.24. The van der Waals surface area contributed by atoms with Gasteiger partial charge < -0.3 is 5.11 Å². The molecule has 1 unspecified atom stereocenters. The van der Waals surface area contributed by atoms with Crippen LogP contribution in [0.2, 0.25) is 0 Å². The molecule has 2 atom stereocenters. The number of hydrogen-bond acceptors (Lipinski definition) is 1. The molecule has 68 valence electrons. The van der Waals surface area contributed by atoms with E-state index in [1.165, 1.54) is 5.57 Å². The van der Waals surface area contributed by atoms with Gasteiger partial charge in [-0.15, -0.1) is 0 Å². The molecular weight excluding hydrogens is 216 g/mol. The molecule has 0 amide bonds. The van der Waals surface area contributed by atoms with Crippen LogP contribution in [0, 0.1) is 5.92 Å². The van der Waals surface area contributed by atoms with E-state index in [1.54, 1.807) is 0 Å². The number of allylic oxidation sites excluding steroid dienone is 4. The highest BCUT2D eigenvalue weighted by Crippen LogP contribution is 2.26. The van der Waals surface area contributed by atoms with Crippen molar-refractivity contribution in [1.29, 1.82) is 0 Å². The number of halogens is 1.